The van der Waals surface area contributed by atoms with Crippen molar-refractivity contribution in [3.05, 3.63) is 35.7 Å². The van der Waals surface area contributed by atoms with E-state index >= 15 is 0 Å². The second kappa shape index (κ2) is 6.42. The molecule has 0 unspecified atom stereocenters. The summed E-state index contributed by atoms with van der Waals surface area (Å²) in [6.45, 7) is 2.56. The second-order valence-corrected chi connectivity index (χ2v) is 3.95. The van der Waals surface area contributed by atoms with E-state index < -0.39 is 23.1 Å². The van der Waals surface area contributed by atoms with Gasteiger partial charge in [0, 0.05) is 24.4 Å². The minimum absolute atomic E-state index is 0.245. The molecule has 1 aromatic rings. The molecule has 0 atom stereocenters. The molecule has 0 N–H and O–H groups in total. The first kappa shape index (κ1) is 15.3. The van der Waals surface area contributed by atoms with Crippen LogP contribution in [-0.4, -0.2) is 34.4 Å². The molecule has 0 saturated heterocycles. The number of rotatable bonds is 6. The molecule has 0 bridgehead atoms. The van der Waals surface area contributed by atoms with Gasteiger partial charge in [-0.2, -0.15) is 0 Å². The minimum Gasteiger partial charge on any atom is -0.299 e. The second-order valence-electron chi connectivity index (χ2n) is 3.95. The van der Waals surface area contributed by atoms with E-state index in [1.54, 1.807) is 6.92 Å². The van der Waals surface area contributed by atoms with Gasteiger partial charge in [0.1, 0.15) is 6.29 Å². The number of hydrogen-bond acceptors (Lipinski definition) is 6. The Kier molecular flexibility index (Phi) is 4.91. The molecule has 0 radical (unpaired) electrons. The molecule has 6 nitrogen and oxygen atoms in total. The molecule has 0 spiro atoms. The van der Waals surface area contributed by atoms with Crippen LogP contribution in [-0.2, 0) is 24.0 Å². The van der Waals surface area contributed by atoms with Crippen molar-refractivity contribution in [1.82, 2.24) is 4.98 Å². The molecule has 102 valence electrons. The number of hydrogen-bond donors (Lipinski definition) is 0. The fraction of sp³-hybridized carbons (Fsp3) is 0.143. The number of aryl methyl sites for hydroxylation is 1. The van der Waals surface area contributed by atoms with Crippen LogP contribution in [0.15, 0.2) is 24.4 Å². The van der Waals surface area contributed by atoms with Gasteiger partial charge in [0.15, 0.2) is 0 Å². The molecule has 20 heavy (non-hydrogen) atoms. The third-order valence-electron chi connectivity index (χ3n) is 2.42. The number of aldehydes is 1. The smallest absolute Gasteiger partial charge is 0.277 e. The van der Waals surface area contributed by atoms with Crippen molar-refractivity contribution >= 4 is 35.0 Å². The summed E-state index contributed by atoms with van der Waals surface area (Å²) in [6, 6.07) is 2.91. The maximum absolute atomic E-state index is 11.9. The monoisotopic (exact) mass is 273 g/mol. The van der Waals surface area contributed by atoms with Crippen molar-refractivity contribution in [2.75, 3.05) is 0 Å². The van der Waals surface area contributed by atoms with E-state index in [0.717, 1.165) is 13.0 Å². The predicted octanol–water partition coefficient (Wildman–Crippen LogP) is 0.269. The SMILES string of the molecule is CC(=O)C(=O)C(=O)C(=O)/C(=C\C=O)c1ccnc(C)c1. The van der Waals surface area contributed by atoms with E-state index in [4.69, 9.17) is 0 Å². The summed E-state index contributed by atoms with van der Waals surface area (Å²) in [5.41, 5.74) is 0.599. The van der Waals surface area contributed by atoms with Crippen LogP contribution in [0, 0.1) is 6.92 Å². The number of nitrogens with zero attached hydrogens (tertiary/aromatic N) is 1. The third kappa shape index (κ3) is 3.38. The average molecular weight is 273 g/mol. The van der Waals surface area contributed by atoms with Crippen molar-refractivity contribution in [2.24, 2.45) is 0 Å². The molecular formula is C14H11NO5. The number of Topliss-reactive ketones (excluding diaryl/α,β-unsaturated/α-hetero) is 4. The highest BCUT2D eigenvalue weighted by molar-refractivity contribution is 6.82. The lowest BCUT2D eigenvalue weighted by Crippen LogP contribution is -2.29. The van der Waals surface area contributed by atoms with Crippen LogP contribution >= 0.6 is 0 Å². The lowest BCUT2D eigenvalue weighted by atomic mass is 9.97. The van der Waals surface area contributed by atoms with E-state index in [2.05, 4.69) is 4.98 Å². The van der Waals surface area contributed by atoms with Crippen molar-refractivity contribution in [3.63, 3.8) is 0 Å². The summed E-state index contributed by atoms with van der Waals surface area (Å²) in [4.78, 5) is 60.1. The summed E-state index contributed by atoms with van der Waals surface area (Å²) in [7, 11) is 0. The number of aromatic nitrogens is 1. The molecule has 1 heterocycles. The summed E-state index contributed by atoms with van der Waals surface area (Å²) in [5, 5.41) is 0. The van der Waals surface area contributed by atoms with E-state index in [0.29, 0.717) is 12.0 Å². The van der Waals surface area contributed by atoms with Crippen LogP contribution in [0.5, 0.6) is 0 Å². The molecule has 0 aliphatic rings. The Hall–Kier alpha value is -2.76. The minimum atomic E-state index is -1.46. The molecule has 0 aliphatic heterocycles. The number of allylic oxidation sites excluding steroid dienone is 2. The van der Waals surface area contributed by atoms with Crippen molar-refractivity contribution in [2.45, 2.75) is 13.8 Å². The summed E-state index contributed by atoms with van der Waals surface area (Å²) in [6.07, 6.45) is 2.60. The Morgan fingerprint density at radius 2 is 1.75 bits per heavy atom. The summed E-state index contributed by atoms with van der Waals surface area (Å²) in [5.74, 6) is -5.08. The number of carbonyl (C=O) groups excluding carboxylic acids is 5. The Morgan fingerprint density at radius 3 is 2.25 bits per heavy atom. The molecule has 0 saturated carbocycles. The van der Waals surface area contributed by atoms with Gasteiger partial charge in [0.05, 0.1) is 0 Å². The highest BCUT2D eigenvalue weighted by Crippen LogP contribution is 2.16. The lowest BCUT2D eigenvalue weighted by Gasteiger charge is -2.04. The van der Waals surface area contributed by atoms with Gasteiger partial charge in [-0.25, -0.2) is 0 Å². The number of ketones is 4. The Labute approximate surface area is 114 Å². The molecule has 1 rings (SSSR count). The van der Waals surface area contributed by atoms with Crippen LogP contribution in [0.1, 0.15) is 18.2 Å². The molecule has 0 aliphatic carbocycles. The van der Waals surface area contributed by atoms with Gasteiger partial charge >= 0.3 is 0 Å². The Morgan fingerprint density at radius 1 is 1.10 bits per heavy atom. The number of carbonyl (C=O) groups is 5. The van der Waals surface area contributed by atoms with Crippen LogP contribution in [0.2, 0.25) is 0 Å². The summed E-state index contributed by atoms with van der Waals surface area (Å²) < 4.78 is 0. The standard InChI is InChI=1S/C14H11NO5/c1-8-7-10(3-5-15-8)11(4-6-16)13(19)14(20)12(18)9(2)17/h3-7H,1-2H3/b11-4-. The largest absolute Gasteiger partial charge is 0.299 e. The molecule has 0 fully saturated rings. The van der Waals surface area contributed by atoms with Crippen molar-refractivity contribution < 1.29 is 24.0 Å². The van der Waals surface area contributed by atoms with Crippen molar-refractivity contribution in [3.8, 4) is 0 Å². The summed E-state index contributed by atoms with van der Waals surface area (Å²) >= 11 is 0. The molecule has 1 aromatic heterocycles. The highest BCUT2D eigenvalue weighted by Gasteiger charge is 2.29. The predicted molar refractivity (Wildman–Crippen MR) is 68.7 cm³/mol. The van der Waals surface area contributed by atoms with Crippen molar-refractivity contribution in [1.29, 1.82) is 0 Å². The third-order valence-corrected chi connectivity index (χ3v) is 2.42. The van der Waals surface area contributed by atoms with Crippen LogP contribution in [0.25, 0.3) is 5.57 Å². The number of pyridine rings is 1. The maximum Gasteiger partial charge on any atom is 0.277 e. The van der Waals surface area contributed by atoms with E-state index in [1.807, 2.05) is 0 Å². The van der Waals surface area contributed by atoms with E-state index in [-0.39, 0.29) is 11.1 Å². The van der Waals surface area contributed by atoms with Gasteiger partial charge in [-0.05, 0) is 30.7 Å². The molecule has 6 heteroatoms. The van der Waals surface area contributed by atoms with Gasteiger partial charge in [0.2, 0.25) is 11.6 Å². The van der Waals surface area contributed by atoms with Crippen LogP contribution in [0.3, 0.4) is 0 Å². The zero-order valence-electron chi connectivity index (χ0n) is 10.9. The van der Waals surface area contributed by atoms with Crippen LogP contribution in [0.4, 0.5) is 0 Å². The first-order valence-corrected chi connectivity index (χ1v) is 5.61. The maximum atomic E-state index is 11.9. The zero-order valence-corrected chi connectivity index (χ0v) is 10.9. The van der Waals surface area contributed by atoms with E-state index in [1.165, 1.54) is 18.3 Å². The highest BCUT2D eigenvalue weighted by atomic mass is 16.2. The van der Waals surface area contributed by atoms with Gasteiger partial charge in [-0.1, -0.05) is 0 Å². The van der Waals surface area contributed by atoms with Gasteiger partial charge in [0.25, 0.3) is 11.6 Å². The first-order chi connectivity index (χ1) is 9.38. The Balaban J connectivity index is 3.23. The first-order valence-electron chi connectivity index (χ1n) is 5.61. The fourth-order valence-corrected chi connectivity index (χ4v) is 1.47. The Bertz CT molecular complexity index is 643. The quantitative estimate of drug-likeness (QED) is 0.319. The average Bonchev–Trinajstić information content (AvgIpc) is 2.42. The normalized spacial score (nSPS) is 10.8. The van der Waals surface area contributed by atoms with E-state index in [9.17, 15) is 24.0 Å². The molecule has 0 aromatic carbocycles. The van der Waals surface area contributed by atoms with Gasteiger partial charge < -0.3 is 0 Å². The fourth-order valence-electron chi connectivity index (χ4n) is 1.47. The molecular weight excluding hydrogens is 262 g/mol. The van der Waals surface area contributed by atoms with Gasteiger partial charge in [-0.15, -0.1) is 0 Å². The zero-order chi connectivity index (χ0) is 15.3. The molecule has 0 amide bonds. The van der Waals surface area contributed by atoms with Crippen LogP contribution < -0.4 is 0 Å². The lowest BCUT2D eigenvalue weighted by molar-refractivity contribution is -0.146. The van der Waals surface area contributed by atoms with Gasteiger partial charge in [-0.3, -0.25) is 29.0 Å². The topological polar surface area (TPSA) is 98.2 Å².